The molecule has 2 aromatic rings. The average molecular weight is 266 g/mol. The van der Waals surface area contributed by atoms with Crippen LogP contribution in [0.5, 0.6) is 5.75 Å². The van der Waals surface area contributed by atoms with Gasteiger partial charge in [-0.3, -0.25) is 0 Å². The van der Waals surface area contributed by atoms with Gasteiger partial charge in [-0.2, -0.15) is 0 Å². The lowest BCUT2D eigenvalue weighted by Gasteiger charge is -2.12. The van der Waals surface area contributed by atoms with Gasteiger partial charge in [-0.15, -0.1) is 0 Å². The molecular weight excluding hydrogens is 253 g/mol. The van der Waals surface area contributed by atoms with Gasteiger partial charge in [0.25, 0.3) is 0 Å². The van der Waals surface area contributed by atoms with Crippen molar-refractivity contribution in [1.82, 2.24) is 0 Å². The summed E-state index contributed by atoms with van der Waals surface area (Å²) in [5.74, 6) is 0.212. The van der Waals surface area contributed by atoms with Crippen LogP contribution in [-0.4, -0.2) is 7.11 Å². The number of nitrogen functional groups attached to an aromatic ring is 1. The molecule has 0 radical (unpaired) electrons. The second-order valence-corrected chi connectivity index (χ2v) is 4.47. The molecule has 94 valence electrons. The number of ether oxygens (including phenoxy) is 1. The molecule has 0 aliphatic rings. The van der Waals surface area contributed by atoms with E-state index in [1.165, 1.54) is 13.2 Å². The van der Waals surface area contributed by atoms with Crippen molar-refractivity contribution in [2.24, 2.45) is 0 Å². The molecule has 2 nitrogen and oxygen atoms in total. The first-order valence-corrected chi connectivity index (χ1v) is 5.80. The highest BCUT2D eigenvalue weighted by Gasteiger charge is 2.13. The summed E-state index contributed by atoms with van der Waals surface area (Å²) in [4.78, 5) is 0. The number of rotatable bonds is 2. The van der Waals surface area contributed by atoms with E-state index in [-0.39, 0.29) is 5.82 Å². The lowest BCUT2D eigenvalue weighted by atomic mass is 10.0. The smallest absolute Gasteiger partial charge is 0.131 e. The Hall–Kier alpha value is -1.74. The molecule has 2 rings (SSSR count). The van der Waals surface area contributed by atoms with Crippen LogP contribution >= 0.6 is 11.6 Å². The minimum Gasteiger partial charge on any atom is -0.496 e. The molecule has 0 saturated heterocycles. The molecule has 0 aromatic heterocycles. The Morgan fingerprint density at radius 2 is 1.89 bits per heavy atom. The number of nitrogens with two attached hydrogens (primary N) is 1. The van der Waals surface area contributed by atoms with Gasteiger partial charge >= 0.3 is 0 Å². The van der Waals surface area contributed by atoms with Crippen LogP contribution in [0.25, 0.3) is 11.1 Å². The lowest BCUT2D eigenvalue weighted by molar-refractivity contribution is 0.416. The SMILES string of the molecule is COc1ccc(Cl)cc1-c1cc(N)c(C)cc1F. The van der Waals surface area contributed by atoms with Gasteiger partial charge in [0.2, 0.25) is 0 Å². The maximum absolute atomic E-state index is 14.0. The Labute approximate surface area is 110 Å². The highest BCUT2D eigenvalue weighted by atomic mass is 35.5. The Morgan fingerprint density at radius 3 is 2.56 bits per heavy atom. The molecule has 2 N–H and O–H groups in total. The fraction of sp³-hybridized carbons (Fsp3) is 0.143. The van der Waals surface area contributed by atoms with E-state index in [1.54, 1.807) is 31.2 Å². The molecule has 0 fully saturated rings. The summed E-state index contributed by atoms with van der Waals surface area (Å²) in [5.41, 5.74) is 8.04. The third-order valence-electron chi connectivity index (χ3n) is 2.81. The zero-order valence-corrected chi connectivity index (χ0v) is 10.9. The average Bonchev–Trinajstić information content (AvgIpc) is 2.34. The van der Waals surface area contributed by atoms with Gasteiger partial charge in [0.05, 0.1) is 7.11 Å². The van der Waals surface area contributed by atoms with Crippen LogP contribution in [0.15, 0.2) is 30.3 Å². The maximum Gasteiger partial charge on any atom is 0.131 e. The molecule has 0 atom stereocenters. The first-order valence-electron chi connectivity index (χ1n) is 5.42. The summed E-state index contributed by atoms with van der Waals surface area (Å²) in [6.45, 7) is 1.76. The number of aryl methyl sites for hydroxylation is 1. The Bertz CT molecular complexity index is 599. The van der Waals surface area contributed by atoms with Crippen molar-refractivity contribution in [2.45, 2.75) is 6.92 Å². The van der Waals surface area contributed by atoms with Crippen LogP contribution in [0.3, 0.4) is 0 Å². The van der Waals surface area contributed by atoms with Gasteiger partial charge in [-0.1, -0.05) is 11.6 Å². The highest BCUT2D eigenvalue weighted by Crippen LogP contribution is 2.35. The third kappa shape index (κ3) is 2.27. The van der Waals surface area contributed by atoms with Gasteiger partial charge < -0.3 is 10.5 Å². The Balaban J connectivity index is 2.68. The number of hydrogen-bond acceptors (Lipinski definition) is 2. The summed E-state index contributed by atoms with van der Waals surface area (Å²) < 4.78 is 19.2. The van der Waals surface area contributed by atoms with E-state index in [1.807, 2.05) is 0 Å². The second-order valence-electron chi connectivity index (χ2n) is 4.03. The number of methoxy groups -OCH3 is 1. The standard InChI is InChI=1S/C14H13ClFNO/c1-8-5-12(16)10(7-13(8)17)11-6-9(15)3-4-14(11)18-2/h3-7H,17H2,1-2H3. The molecule has 0 heterocycles. The van der Waals surface area contributed by atoms with Crippen LogP contribution in [0.1, 0.15) is 5.56 Å². The minimum absolute atomic E-state index is 0.345. The number of anilines is 1. The molecule has 0 unspecified atom stereocenters. The number of hydrogen-bond donors (Lipinski definition) is 1. The number of halogens is 2. The van der Waals surface area contributed by atoms with E-state index in [9.17, 15) is 4.39 Å². The summed E-state index contributed by atoms with van der Waals surface area (Å²) in [7, 11) is 1.53. The number of benzene rings is 2. The molecule has 2 aromatic carbocycles. The predicted octanol–water partition coefficient (Wildman–Crippen LogP) is 4.05. The molecule has 18 heavy (non-hydrogen) atoms. The third-order valence-corrected chi connectivity index (χ3v) is 3.04. The summed E-state index contributed by atoms with van der Waals surface area (Å²) in [6.07, 6.45) is 0. The quantitative estimate of drug-likeness (QED) is 0.832. The van der Waals surface area contributed by atoms with Crippen LogP contribution in [0.2, 0.25) is 5.02 Å². The largest absolute Gasteiger partial charge is 0.496 e. The molecule has 4 heteroatoms. The first kappa shape index (κ1) is 12.7. The van der Waals surface area contributed by atoms with E-state index in [4.69, 9.17) is 22.1 Å². The summed E-state index contributed by atoms with van der Waals surface area (Å²) in [6, 6.07) is 8.06. The normalized spacial score (nSPS) is 10.4. The molecule has 0 saturated carbocycles. The van der Waals surface area contributed by atoms with E-state index in [0.29, 0.717) is 33.1 Å². The van der Waals surface area contributed by atoms with Crippen LogP contribution in [0, 0.1) is 12.7 Å². The molecular formula is C14H13ClFNO. The van der Waals surface area contributed by atoms with Crippen molar-refractivity contribution in [2.75, 3.05) is 12.8 Å². The zero-order valence-electron chi connectivity index (χ0n) is 10.1. The van der Waals surface area contributed by atoms with E-state index < -0.39 is 0 Å². The van der Waals surface area contributed by atoms with E-state index in [0.717, 1.165) is 0 Å². The summed E-state index contributed by atoms with van der Waals surface area (Å²) in [5, 5.41) is 0.518. The maximum atomic E-state index is 14.0. The van der Waals surface area contributed by atoms with E-state index >= 15 is 0 Å². The molecule has 0 spiro atoms. The van der Waals surface area contributed by atoms with Crippen LogP contribution in [0.4, 0.5) is 10.1 Å². The van der Waals surface area contributed by atoms with E-state index in [2.05, 4.69) is 0 Å². The molecule has 0 aliphatic carbocycles. The molecule has 0 amide bonds. The second kappa shape index (κ2) is 4.86. The van der Waals surface area contributed by atoms with Gasteiger partial charge in [0.15, 0.2) is 0 Å². The minimum atomic E-state index is -0.345. The van der Waals surface area contributed by atoms with Crippen molar-refractivity contribution in [3.05, 3.63) is 46.7 Å². The zero-order chi connectivity index (χ0) is 13.3. The fourth-order valence-corrected chi connectivity index (χ4v) is 1.96. The lowest BCUT2D eigenvalue weighted by Crippen LogP contribution is -1.95. The van der Waals surface area contributed by atoms with Gasteiger partial charge in [0, 0.05) is 21.8 Å². The first-order chi connectivity index (χ1) is 8.52. The van der Waals surface area contributed by atoms with Crippen molar-refractivity contribution >= 4 is 17.3 Å². The predicted molar refractivity (Wildman–Crippen MR) is 72.5 cm³/mol. The van der Waals surface area contributed by atoms with Crippen molar-refractivity contribution in [3.8, 4) is 16.9 Å². The summed E-state index contributed by atoms with van der Waals surface area (Å²) >= 11 is 5.94. The topological polar surface area (TPSA) is 35.2 Å². The fourth-order valence-electron chi connectivity index (χ4n) is 1.79. The van der Waals surface area contributed by atoms with Crippen LogP contribution in [-0.2, 0) is 0 Å². The Morgan fingerprint density at radius 1 is 1.17 bits per heavy atom. The van der Waals surface area contributed by atoms with Crippen molar-refractivity contribution < 1.29 is 9.13 Å². The monoisotopic (exact) mass is 265 g/mol. The van der Waals surface area contributed by atoms with Crippen molar-refractivity contribution in [1.29, 1.82) is 0 Å². The van der Waals surface area contributed by atoms with Gasteiger partial charge in [-0.25, -0.2) is 4.39 Å². The van der Waals surface area contributed by atoms with Crippen LogP contribution < -0.4 is 10.5 Å². The van der Waals surface area contributed by atoms with Gasteiger partial charge in [0.1, 0.15) is 11.6 Å². The van der Waals surface area contributed by atoms with Crippen molar-refractivity contribution in [3.63, 3.8) is 0 Å². The Kier molecular flexibility index (Phi) is 3.43. The molecule has 0 aliphatic heterocycles. The highest BCUT2D eigenvalue weighted by molar-refractivity contribution is 6.31. The molecule has 0 bridgehead atoms. The van der Waals surface area contributed by atoms with Gasteiger partial charge in [-0.05, 0) is 42.8 Å².